The van der Waals surface area contributed by atoms with Gasteiger partial charge in [0.05, 0.1) is 25.6 Å². The van der Waals surface area contributed by atoms with Crippen LogP contribution in [-0.2, 0) is 50.4 Å². The number of carbonyl (C=O) groups is 3. The molecule has 4 aromatic carbocycles. The van der Waals surface area contributed by atoms with Crippen LogP contribution in [0, 0.1) is 5.41 Å². The Hall–Kier alpha value is -5.65. The number of oxazole rings is 1. The molecular formula is C41H44ClN7O8S. The van der Waals surface area contributed by atoms with Crippen molar-refractivity contribution < 1.29 is 37.1 Å². The number of rotatable bonds is 17. The zero-order chi connectivity index (χ0) is 41.4. The van der Waals surface area contributed by atoms with Crippen molar-refractivity contribution in [2.45, 2.75) is 63.1 Å². The fraction of sp³-hybridized carbons (Fsp3) is 0.293. The number of ketones is 1. The molecule has 1 fully saturated rings. The van der Waals surface area contributed by atoms with Gasteiger partial charge in [-0.05, 0) is 59.9 Å². The summed E-state index contributed by atoms with van der Waals surface area (Å²) in [7, 11) is -3.87. The second-order valence-electron chi connectivity index (χ2n) is 14.1. The quantitative estimate of drug-likeness (QED) is 0.0447. The number of nitrogens with zero attached hydrogens (tertiary/aromatic N) is 2. The summed E-state index contributed by atoms with van der Waals surface area (Å²) in [5.74, 6) is -2.53. The number of aliphatic hydroxyl groups excluding tert-OH is 1. The van der Waals surface area contributed by atoms with Crippen molar-refractivity contribution >= 4 is 62.0 Å². The summed E-state index contributed by atoms with van der Waals surface area (Å²) >= 11 is 6.06. The van der Waals surface area contributed by atoms with E-state index < -0.39 is 58.5 Å². The minimum Gasteiger partial charge on any atom is -0.434 e. The summed E-state index contributed by atoms with van der Waals surface area (Å²) in [5, 5.41) is 23.7. The zero-order valence-electron chi connectivity index (χ0n) is 31.6. The molecule has 0 saturated carbocycles. The van der Waals surface area contributed by atoms with Gasteiger partial charge in [-0.25, -0.2) is 18.1 Å². The van der Waals surface area contributed by atoms with Crippen LogP contribution in [0.2, 0.25) is 5.02 Å². The Bertz CT molecular complexity index is 2340. The van der Waals surface area contributed by atoms with Gasteiger partial charge in [-0.2, -0.15) is 0 Å². The van der Waals surface area contributed by atoms with Crippen LogP contribution in [0.5, 0.6) is 0 Å². The van der Waals surface area contributed by atoms with Crippen LogP contribution in [-0.4, -0.2) is 84.0 Å². The number of amides is 2. The lowest BCUT2D eigenvalue weighted by molar-refractivity contribution is -0.140. The van der Waals surface area contributed by atoms with Gasteiger partial charge < -0.3 is 35.5 Å². The Morgan fingerprint density at radius 2 is 1.71 bits per heavy atom. The lowest BCUT2D eigenvalue weighted by atomic mass is 9.98. The highest BCUT2D eigenvalue weighted by molar-refractivity contribution is 7.88. The zero-order valence-corrected chi connectivity index (χ0v) is 33.1. The van der Waals surface area contributed by atoms with Gasteiger partial charge in [0.15, 0.2) is 11.5 Å². The van der Waals surface area contributed by atoms with Crippen molar-refractivity contribution in [2.75, 3.05) is 18.1 Å². The highest BCUT2D eigenvalue weighted by Gasteiger charge is 2.44. The number of ether oxygens (including phenoxy) is 1. The summed E-state index contributed by atoms with van der Waals surface area (Å²) in [6.07, 6.45) is 0.774. The number of para-hydroxylation sites is 2. The summed E-state index contributed by atoms with van der Waals surface area (Å²) in [4.78, 5) is 48.8. The topological polar surface area (TPSA) is 230 Å². The number of guanidine groups is 1. The third-order valence-corrected chi connectivity index (χ3v) is 10.6. The fourth-order valence-corrected chi connectivity index (χ4v) is 7.72. The van der Waals surface area contributed by atoms with Gasteiger partial charge in [-0.1, -0.05) is 78.3 Å². The van der Waals surface area contributed by atoms with Gasteiger partial charge >= 0.3 is 0 Å². The largest absolute Gasteiger partial charge is 0.434 e. The van der Waals surface area contributed by atoms with Crippen molar-refractivity contribution in [3.63, 3.8) is 0 Å². The van der Waals surface area contributed by atoms with Crippen molar-refractivity contribution in [3.8, 4) is 0 Å². The molecule has 0 spiro atoms. The van der Waals surface area contributed by atoms with E-state index in [1.807, 2.05) is 30.3 Å². The average Bonchev–Trinajstić information content (AvgIpc) is 3.84. The fourth-order valence-electron chi connectivity index (χ4n) is 6.86. The standard InChI is InChI=1S/C41H44ClN7O8S/c1-58(54,55)48-33(18-13-25-7-3-2-4-8-25)40(53)49-22-30(56-24-26-11-15-29(42)16-12-26)21-35(49)38(52)45-34(37(51)39-46-32-9-5-6-10-36(32)57-39)20-27-14-17-31(47-41(43)44)28(19-27)23-50/h2-12,14-17,19,30,33-35,48,50H,13,18,20-24H2,1H3,(H,45,52)(H4,43,44,47)/t30-,33-,34?,35+/m1/s1. The molecule has 2 amide bonds. The number of likely N-dealkylation sites (tertiary alicyclic amines) is 1. The summed E-state index contributed by atoms with van der Waals surface area (Å²) in [6, 6.07) is 24.4. The smallest absolute Gasteiger partial charge is 0.266 e. The van der Waals surface area contributed by atoms with E-state index in [1.54, 1.807) is 66.7 Å². The number of aryl methyl sites for hydroxylation is 1. The minimum absolute atomic E-state index is 0.0357. The number of sulfonamides is 1. The van der Waals surface area contributed by atoms with E-state index in [1.165, 1.54) is 4.90 Å². The highest BCUT2D eigenvalue weighted by atomic mass is 35.5. The number of anilines is 1. The Balaban J connectivity index is 1.30. The number of fused-ring (bicyclic) bond motifs is 1. The van der Waals surface area contributed by atoms with Crippen LogP contribution < -0.4 is 21.1 Å². The van der Waals surface area contributed by atoms with Crippen molar-refractivity contribution in [1.82, 2.24) is 19.9 Å². The molecule has 1 aliphatic heterocycles. The van der Waals surface area contributed by atoms with E-state index in [4.69, 9.17) is 31.9 Å². The maximum Gasteiger partial charge on any atom is 0.266 e. The Morgan fingerprint density at radius 1 is 1.00 bits per heavy atom. The van der Waals surface area contributed by atoms with Gasteiger partial charge in [0.2, 0.25) is 27.6 Å². The first-order chi connectivity index (χ1) is 27.8. The minimum atomic E-state index is -3.87. The second kappa shape index (κ2) is 18.7. The molecule has 5 aromatic rings. The number of Topliss-reactive ketones (excluding diaryl/α,β-unsaturated/α-hetero) is 1. The van der Waals surface area contributed by atoms with Gasteiger partial charge in [0, 0.05) is 35.7 Å². The molecule has 1 aromatic heterocycles. The van der Waals surface area contributed by atoms with E-state index >= 15 is 0 Å². The summed E-state index contributed by atoms with van der Waals surface area (Å²) < 4.78 is 39.6. The van der Waals surface area contributed by atoms with Crippen molar-refractivity contribution in [3.05, 3.63) is 130 Å². The molecule has 1 aliphatic rings. The molecule has 17 heteroatoms. The molecule has 304 valence electrons. The molecule has 4 atom stereocenters. The lowest BCUT2D eigenvalue weighted by Gasteiger charge is -2.29. The van der Waals surface area contributed by atoms with Gasteiger partial charge in [-0.15, -0.1) is 0 Å². The normalized spacial score (nSPS) is 16.5. The molecule has 0 radical (unpaired) electrons. The number of hydrogen-bond donors (Lipinski definition) is 6. The second-order valence-corrected chi connectivity index (χ2v) is 16.3. The van der Waals surface area contributed by atoms with Crippen LogP contribution in [0.3, 0.4) is 0 Å². The first-order valence-electron chi connectivity index (χ1n) is 18.5. The molecule has 58 heavy (non-hydrogen) atoms. The molecule has 0 aliphatic carbocycles. The number of nitrogens with one attached hydrogen (secondary N) is 4. The Labute approximate surface area is 340 Å². The number of halogens is 1. The highest BCUT2D eigenvalue weighted by Crippen LogP contribution is 2.26. The SMILES string of the molecule is CS(=O)(=O)N[C@H](CCc1ccccc1)C(=O)N1C[C@H](OCc2ccc(Cl)cc2)C[C@H]1C(=O)NC(Cc1ccc(NC(=N)N)c(CO)c1)C(=O)c1nc2ccccc2o1. The molecule has 0 bridgehead atoms. The first kappa shape index (κ1) is 42.0. The Morgan fingerprint density at radius 3 is 2.40 bits per heavy atom. The maximum absolute atomic E-state index is 14.5. The third kappa shape index (κ3) is 11.0. The van der Waals surface area contributed by atoms with Gasteiger partial charge in [0.1, 0.15) is 23.6 Å². The monoisotopic (exact) mass is 829 g/mol. The van der Waals surface area contributed by atoms with Gasteiger partial charge in [0.25, 0.3) is 5.89 Å². The number of carbonyl (C=O) groups excluding carboxylic acids is 3. The molecule has 15 nitrogen and oxygen atoms in total. The van der Waals surface area contributed by atoms with Crippen LogP contribution in [0.4, 0.5) is 5.69 Å². The number of nitrogens with two attached hydrogens (primary N) is 1. The number of benzene rings is 4. The van der Waals surface area contributed by atoms with Crippen LogP contribution in [0.15, 0.2) is 101 Å². The average molecular weight is 830 g/mol. The first-order valence-corrected chi connectivity index (χ1v) is 20.7. The van der Waals surface area contributed by atoms with Crippen LogP contribution in [0.25, 0.3) is 11.1 Å². The third-order valence-electron chi connectivity index (χ3n) is 9.65. The van der Waals surface area contributed by atoms with E-state index in [-0.39, 0.29) is 44.3 Å². The molecular weight excluding hydrogens is 786 g/mol. The summed E-state index contributed by atoms with van der Waals surface area (Å²) in [6.45, 7) is -0.299. The van der Waals surface area contributed by atoms with E-state index in [2.05, 4.69) is 20.3 Å². The van der Waals surface area contributed by atoms with Crippen molar-refractivity contribution in [2.24, 2.45) is 5.73 Å². The number of hydrogen-bond acceptors (Lipinski definition) is 10. The molecule has 1 unspecified atom stereocenters. The predicted molar refractivity (Wildman–Crippen MR) is 219 cm³/mol. The van der Waals surface area contributed by atoms with Crippen LogP contribution in [0.1, 0.15) is 45.8 Å². The molecule has 6 rings (SSSR count). The van der Waals surface area contributed by atoms with Gasteiger partial charge in [-0.3, -0.25) is 19.8 Å². The van der Waals surface area contributed by atoms with Crippen LogP contribution >= 0.6 is 11.6 Å². The predicted octanol–water partition coefficient (Wildman–Crippen LogP) is 3.93. The lowest BCUT2D eigenvalue weighted by Crippen LogP contribution is -2.55. The van der Waals surface area contributed by atoms with Crippen molar-refractivity contribution in [1.29, 1.82) is 5.41 Å². The number of aromatic nitrogens is 1. The van der Waals surface area contributed by atoms with E-state index in [9.17, 15) is 27.9 Å². The maximum atomic E-state index is 14.5. The number of aliphatic hydroxyl groups is 1. The molecule has 7 N–H and O–H groups in total. The molecule has 2 heterocycles. The van der Waals surface area contributed by atoms with E-state index in [0.717, 1.165) is 17.4 Å². The van der Waals surface area contributed by atoms with E-state index in [0.29, 0.717) is 39.4 Å². The molecule has 1 saturated heterocycles. The Kier molecular flexibility index (Phi) is 13.6. The summed E-state index contributed by atoms with van der Waals surface area (Å²) in [5.41, 5.74) is 9.33.